The van der Waals surface area contributed by atoms with E-state index >= 15 is 0 Å². The summed E-state index contributed by atoms with van der Waals surface area (Å²) in [4.78, 5) is 29.3. The van der Waals surface area contributed by atoms with Crippen molar-refractivity contribution in [1.29, 1.82) is 0 Å². The molecule has 2 aliphatic heterocycles. The third-order valence-corrected chi connectivity index (χ3v) is 5.47. The second-order valence-electron chi connectivity index (χ2n) is 7.18. The molecule has 6 nitrogen and oxygen atoms in total. The molecule has 1 saturated carbocycles. The van der Waals surface area contributed by atoms with Crippen molar-refractivity contribution >= 4 is 11.8 Å². The molecule has 0 bridgehead atoms. The van der Waals surface area contributed by atoms with Gasteiger partial charge in [0.1, 0.15) is 0 Å². The Kier molecular flexibility index (Phi) is 5.54. The number of rotatable bonds is 2. The number of piperidine rings is 1. The first kappa shape index (κ1) is 16.7. The largest absolute Gasteiger partial charge is 0.378 e. The first-order valence-electron chi connectivity index (χ1n) is 9.06. The molecule has 130 valence electrons. The summed E-state index contributed by atoms with van der Waals surface area (Å²) < 4.78 is 5.32. The molecule has 0 aromatic carbocycles. The minimum absolute atomic E-state index is 0.0388. The van der Waals surface area contributed by atoms with Crippen LogP contribution in [0.15, 0.2) is 0 Å². The zero-order valence-electron chi connectivity index (χ0n) is 13.9. The van der Waals surface area contributed by atoms with Gasteiger partial charge in [-0.05, 0) is 32.1 Å². The molecule has 2 N–H and O–H groups in total. The van der Waals surface area contributed by atoms with Gasteiger partial charge in [-0.25, -0.2) is 0 Å². The highest BCUT2D eigenvalue weighted by molar-refractivity contribution is 5.82. The number of nitrogens with zero attached hydrogens (tertiary/aromatic N) is 2. The average Bonchev–Trinajstić information content (AvgIpc) is 2.61. The van der Waals surface area contributed by atoms with Crippen LogP contribution in [0.1, 0.15) is 38.5 Å². The Labute approximate surface area is 138 Å². The summed E-state index contributed by atoms with van der Waals surface area (Å²) in [6.45, 7) is 3.99. The number of morpholine rings is 1. The predicted molar refractivity (Wildman–Crippen MR) is 86.6 cm³/mol. The van der Waals surface area contributed by atoms with Crippen LogP contribution in [0.2, 0.25) is 0 Å². The molecule has 3 rings (SSSR count). The maximum atomic E-state index is 12.8. The van der Waals surface area contributed by atoms with E-state index in [1.54, 1.807) is 0 Å². The molecule has 23 heavy (non-hydrogen) atoms. The summed E-state index contributed by atoms with van der Waals surface area (Å²) in [5.41, 5.74) is 6.02. The summed E-state index contributed by atoms with van der Waals surface area (Å²) in [6, 6.07) is 0.160. The molecular formula is C17H29N3O3. The molecule has 2 amide bonds. The van der Waals surface area contributed by atoms with Gasteiger partial charge in [-0.15, -0.1) is 0 Å². The molecule has 2 saturated heterocycles. The number of carbonyl (C=O) groups excluding carboxylic acids is 2. The minimum atomic E-state index is -0.0388. The Hall–Kier alpha value is -1.14. The summed E-state index contributed by atoms with van der Waals surface area (Å²) in [7, 11) is 0. The van der Waals surface area contributed by atoms with Crippen LogP contribution in [-0.2, 0) is 14.3 Å². The number of hydrogen-bond donors (Lipinski definition) is 1. The predicted octanol–water partition coefficient (Wildman–Crippen LogP) is 0.601. The van der Waals surface area contributed by atoms with E-state index in [1.807, 2.05) is 9.80 Å². The quantitative estimate of drug-likeness (QED) is 0.807. The number of carbonyl (C=O) groups is 2. The Morgan fingerprint density at radius 1 is 0.870 bits per heavy atom. The first-order chi connectivity index (χ1) is 11.1. The second kappa shape index (κ2) is 7.62. The number of hydrogen-bond acceptors (Lipinski definition) is 4. The van der Waals surface area contributed by atoms with Crippen molar-refractivity contribution in [3.8, 4) is 0 Å². The maximum absolute atomic E-state index is 12.8. The summed E-state index contributed by atoms with van der Waals surface area (Å²) in [5.74, 6) is 0.449. The van der Waals surface area contributed by atoms with Crippen molar-refractivity contribution in [1.82, 2.24) is 9.80 Å². The van der Waals surface area contributed by atoms with E-state index in [1.165, 1.54) is 0 Å². The third-order valence-electron chi connectivity index (χ3n) is 5.47. The summed E-state index contributed by atoms with van der Waals surface area (Å²) in [6.07, 6.45) is 5.64. The zero-order chi connectivity index (χ0) is 16.2. The highest BCUT2D eigenvalue weighted by atomic mass is 16.5. The van der Waals surface area contributed by atoms with Crippen LogP contribution in [0, 0.1) is 11.8 Å². The lowest BCUT2D eigenvalue weighted by atomic mass is 9.84. The standard InChI is InChI=1S/C17H29N3O3/c18-15-5-1-3-13(11-15)16(21)20-6-2-4-14(12-20)17(22)19-7-9-23-10-8-19/h13-15H,1-12,18H2. The van der Waals surface area contributed by atoms with Crippen LogP contribution >= 0.6 is 0 Å². The molecule has 3 fully saturated rings. The van der Waals surface area contributed by atoms with Crippen molar-refractivity contribution in [3.63, 3.8) is 0 Å². The molecular weight excluding hydrogens is 294 g/mol. The number of nitrogens with two attached hydrogens (primary N) is 1. The molecule has 2 heterocycles. The number of ether oxygens (including phenoxy) is 1. The average molecular weight is 323 g/mol. The normalized spacial score (nSPS) is 32.7. The number of amides is 2. The van der Waals surface area contributed by atoms with Crippen molar-refractivity contribution in [3.05, 3.63) is 0 Å². The molecule has 0 aromatic rings. The Balaban J connectivity index is 1.56. The van der Waals surface area contributed by atoms with Crippen LogP contribution in [0.3, 0.4) is 0 Å². The van der Waals surface area contributed by atoms with Gasteiger partial charge in [-0.2, -0.15) is 0 Å². The molecule has 0 radical (unpaired) electrons. The van der Waals surface area contributed by atoms with Gasteiger partial charge in [-0.1, -0.05) is 6.42 Å². The van der Waals surface area contributed by atoms with E-state index in [9.17, 15) is 9.59 Å². The summed E-state index contributed by atoms with van der Waals surface area (Å²) >= 11 is 0. The molecule has 1 aliphatic carbocycles. The molecule has 3 unspecified atom stereocenters. The van der Waals surface area contributed by atoms with Crippen LogP contribution in [0.25, 0.3) is 0 Å². The molecule has 6 heteroatoms. The maximum Gasteiger partial charge on any atom is 0.227 e. The van der Waals surface area contributed by atoms with E-state index < -0.39 is 0 Å². The van der Waals surface area contributed by atoms with Crippen molar-refractivity contribution < 1.29 is 14.3 Å². The lowest BCUT2D eigenvalue weighted by Gasteiger charge is -2.38. The fourth-order valence-corrected chi connectivity index (χ4v) is 4.13. The van der Waals surface area contributed by atoms with Crippen LogP contribution < -0.4 is 5.73 Å². The molecule has 3 atom stereocenters. The van der Waals surface area contributed by atoms with Crippen molar-refractivity contribution in [2.45, 2.75) is 44.6 Å². The van der Waals surface area contributed by atoms with Crippen molar-refractivity contribution in [2.75, 3.05) is 39.4 Å². The minimum Gasteiger partial charge on any atom is -0.378 e. The topological polar surface area (TPSA) is 75.9 Å². The van der Waals surface area contributed by atoms with E-state index in [0.29, 0.717) is 32.8 Å². The summed E-state index contributed by atoms with van der Waals surface area (Å²) in [5, 5.41) is 0. The van der Waals surface area contributed by atoms with E-state index in [4.69, 9.17) is 10.5 Å². The van der Waals surface area contributed by atoms with Gasteiger partial charge in [0, 0.05) is 38.1 Å². The highest BCUT2D eigenvalue weighted by Gasteiger charge is 2.35. The fourth-order valence-electron chi connectivity index (χ4n) is 4.13. The lowest BCUT2D eigenvalue weighted by molar-refractivity contribution is -0.145. The lowest BCUT2D eigenvalue weighted by Crippen LogP contribution is -2.51. The first-order valence-corrected chi connectivity index (χ1v) is 9.06. The Morgan fingerprint density at radius 2 is 1.57 bits per heavy atom. The van der Waals surface area contributed by atoms with Gasteiger partial charge in [0.05, 0.1) is 19.1 Å². The molecule has 3 aliphatic rings. The van der Waals surface area contributed by atoms with Gasteiger partial charge in [0.25, 0.3) is 0 Å². The monoisotopic (exact) mass is 323 g/mol. The van der Waals surface area contributed by atoms with Gasteiger partial charge < -0.3 is 20.3 Å². The highest BCUT2D eigenvalue weighted by Crippen LogP contribution is 2.27. The molecule has 0 spiro atoms. The number of likely N-dealkylation sites (tertiary alicyclic amines) is 1. The van der Waals surface area contributed by atoms with Gasteiger partial charge >= 0.3 is 0 Å². The van der Waals surface area contributed by atoms with Crippen LogP contribution in [0.4, 0.5) is 0 Å². The van der Waals surface area contributed by atoms with Gasteiger partial charge in [-0.3, -0.25) is 9.59 Å². The van der Waals surface area contributed by atoms with Gasteiger partial charge in [0.15, 0.2) is 0 Å². The van der Waals surface area contributed by atoms with Gasteiger partial charge in [0.2, 0.25) is 11.8 Å². The van der Waals surface area contributed by atoms with E-state index in [0.717, 1.165) is 45.1 Å². The van der Waals surface area contributed by atoms with E-state index in [-0.39, 0.29) is 29.7 Å². The van der Waals surface area contributed by atoms with Crippen LogP contribution in [0.5, 0.6) is 0 Å². The Bertz CT molecular complexity index is 437. The fraction of sp³-hybridized carbons (Fsp3) is 0.882. The van der Waals surface area contributed by atoms with E-state index in [2.05, 4.69) is 0 Å². The molecule has 0 aromatic heterocycles. The van der Waals surface area contributed by atoms with Crippen LogP contribution in [-0.4, -0.2) is 67.0 Å². The second-order valence-corrected chi connectivity index (χ2v) is 7.18. The smallest absolute Gasteiger partial charge is 0.227 e. The zero-order valence-corrected chi connectivity index (χ0v) is 13.9. The SMILES string of the molecule is NC1CCCC(C(=O)N2CCCC(C(=O)N3CCOCC3)C2)C1. The van der Waals surface area contributed by atoms with Crippen molar-refractivity contribution in [2.24, 2.45) is 17.6 Å². The third kappa shape index (κ3) is 4.04. The Morgan fingerprint density at radius 3 is 2.30 bits per heavy atom.